The molecule has 0 unspecified atom stereocenters. The Labute approximate surface area is 228 Å². The standard InChI is InChI=1S/C25H37Cl2N5O5/c1-24(2,3)37-23(34)29-8-10-32-16(13-29)14-36-19-17(22(32)33)21(28-20(27)18(19)26)30-7-9-31(11-12-35-6)25(4,5)15-30/h16H,7-15H2,1-6H3/t16-/m1/s1. The maximum absolute atomic E-state index is 14.0. The number of rotatable bonds is 4. The van der Waals surface area contributed by atoms with Crippen LogP contribution in [-0.4, -0.2) is 115 Å². The Morgan fingerprint density at radius 2 is 1.92 bits per heavy atom. The predicted octanol–water partition coefficient (Wildman–Crippen LogP) is 3.39. The van der Waals surface area contributed by atoms with E-state index in [4.69, 9.17) is 37.4 Å². The number of nitrogens with zero attached hydrogens (tertiary/aromatic N) is 5. The fourth-order valence-corrected chi connectivity index (χ4v) is 5.48. The molecule has 0 aromatic carbocycles. The van der Waals surface area contributed by atoms with Gasteiger partial charge < -0.3 is 28.9 Å². The number of pyridine rings is 1. The molecule has 0 spiro atoms. The quantitative estimate of drug-likeness (QED) is 0.520. The first kappa shape index (κ1) is 28.0. The van der Waals surface area contributed by atoms with Gasteiger partial charge in [0.05, 0.1) is 12.6 Å². The summed E-state index contributed by atoms with van der Waals surface area (Å²) in [5.41, 5.74) is -0.469. The second-order valence-electron chi connectivity index (χ2n) is 11.3. The van der Waals surface area contributed by atoms with Gasteiger partial charge in [-0.1, -0.05) is 23.2 Å². The van der Waals surface area contributed by atoms with E-state index >= 15 is 0 Å². The second kappa shape index (κ2) is 10.6. The zero-order valence-corrected chi connectivity index (χ0v) is 24.0. The molecular weight excluding hydrogens is 521 g/mol. The van der Waals surface area contributed by atoms with Crippen LogP contribution in [0, 0.1) is 0 Å². The zero-order chi connectivity index (χ0) is 27.1. The van der Waals surface area contributed by atoms with Gasteiger partial charge >= 0.3 is 6.09 Å². The number of carbonyl (C=O) groups excluding carboxylic acids is 2. The highest BCUT2D eigenvalue weighted by atomic mass is 35.5. The number of hydrogen-bond acceptors (Lipinski definition) is 8. The van der Waals surface area contributed by atoms with Crippen LogP contribution < -0.4 is 9.64 Å². The highest BCUT2D eigenvalue weighted by molar-refractivity contribution is 6.42. The molecular formula is C25H37Cl2N5O5. The van der Waals surface area contributed by atoms with Crippen molar-refractivity contribution >= 4 is 41.0 Å². The summed E-state index contributed by atoms with van der Waals surface area (Å²) in [5.74, 6) is 0.505. The van der Waals surface area contributed by atoms with Crippen LogP contribution in [0.3, 0.4) is 0 Å². The van der Waals surface area contributed by atoms with Gasteiger partial charge in [0.2, 0.25) is 0 Å². The fraction of sp³-hybridized carbons (Fsp3) is 0.720. The summed E-state index contributed by atoms with van der Waals surface area (Å²) in [4.78, 5) is 39.1. The number of ether oxygens (including phenoxy) is 3. The van der Waals surface area contributed by atoms with Gasteiger partial charge in [-0.25, -0.2) is 9.78 Å². The molecule has 1 atom stereocenters. The van der Waals surface area contributed by atoms with E-state index in [2.05, 4.69) is 28.6 Å². The molecule has 4 rings (SSSR count). The molecule has 4 heterocycles. The Kier molecular flexibility index (Phi) is 8.05. The van der Waals surface area contributed by atoms with Crippen LogP contribution in [0.25, 0.3) is 0 Å². The number of methoxy groups -OCH3 is 1. The summed E-state index contributed by atoms with van der Waals surface area (Å²) in [6.07, 6.45) is -0.404. The van der Waals surface area contributed by atoms with E-state index in [1.807, 2.05) is 20.8 Å². The molecule has 0 aliphatic carbocycles. The molecule has 3 aliphatic heterocycles. The van der Waals surface area contributed by atoms with Gasteiger partial charge in [0.1, 0.15) is 28.6 Å². The van der Waals surface area contributed by atoms with Gasteiger partial charge in [0, 0.05) is 58.5 Å². The summed E-state index contributed by atoms with van der Waals surface area (Å²) in [6.45, 7) is 14.5. The molecule has 10 nitrogen and oxygen atoms in total. The third-order valence-electron chi connectivity index (χ3n) is 7.00. The average molecular weight is 559 g/mol. The van der Waals surface area contributed by atoms with Crippen LogP contribution in [-0.2, 0) is 9.47 Å². The first-order chi connectivity index (χ1) is 17.3. The molecule has 0 bridgehead atoms. The number of halogens is 2. The van der Waals surface area contributed by atoms with E-state index in [-0.39, 0.29) is 40.0 Å². The fourth-order valence-electron chi connectivity index (χ4n) is 5.13. The second-order valence-corrected chi connectivity index (χ2v) is 12.1. The minimum atomic E-state index is -0.605. The molecule has 37 heavy (non-hydrogen) atoms. The number of piperazine rings is 2. The number of fused-ring (bicyclic) bond motifs is 2. The lowest BCUT2D eigenvalue weighted by Crippen LogP contribution is -2.60. The number of hydrogen-bond donors (Lipinski definition) is 0. The Hall–Kier alpha value is -2.01. The lowest BCUT2D eigenvalue weighted by molar-refractivity contribution is 0.000951. The van der Waals surface area contributed by atoms with Crippen molar-refractivity contribution in [3.05, 3.63) is 15.7 Å². The minimum absolute atomic E-state index is 0.0955. The normalized spacial score (nSPS) is 22.2. The van der Waals surface area contributed by atoms with Crippen molar-refractivity contribution in [3.8, 4) is 5.75 Å². The maximum atomic E-state index is 14.0. The molecule has 1 aromatic heterocycles. The van der Waals surface area contributed by atoms with Crippen molar-refractivity contribution in [2.24, 2.45) is 0 Å². The predicted molar refractivity (Wildman–Crippen MR) is 142 cm³/mol. The van der Waals surface area contributed by atoms with Crippen LogP contribution in [0.15, 0.2) is 0 Å². The molecule has 2 fully saturated rings. The number of amides is 2. The van der Waals surface area contributed by atoms with Gasteiger partial charge in [0.25, 0.3) is 5.91 Å². The topological polar surface area (TPSA) is 87.7 Å². The molecule has 0 radical (unpaired) electrons. The highest BCUT2D eigenvalue weighted by Gasteiger charge is 2.43. The van der Waals surface area contributed by atoms with Gasteiger partial charge in [-0.2, -0.15) is 0 Å². The molecule has 0 saturated carbocycles. The molecule has 3 aliphatic rings. The first-order valence-electron chi connectivity index (χ1n) is 12.6. The van der Waals surface area contributed by atoms with Crippen molar-refractivity contribution in [1.29, 1.82) is 0 Å². The van der Waals surface area contributed by atoms with E-state index in [0.29, 0.717) is 50.7 Å². The minimum Gasteiger partial charge on any atom is -0.489 e. The van der Waals surface area contributed by atoms with Crippen molar-refractivity contribution in [2.75, 3.05) is 71.0 Å². The molecule has 206 valence electrons. The van der Waals surface area contributed by atoms with Crippen LogP contribution in [0.1, 0.15) is 45.0 Å². The lowest BCUT2D eigenvalue weighted by atomic mass is 9.98. The molecule has 2 amide bonds. The zero-order valence-electron chi connectivity index (χ0n) is 22.5. The Balaban J connectivity index is 1.61. The highest BCUT2D eigenvalue weighted by Crippen LogP contribution is 2.42. The monoisotopic (exact) mass is 557 g/mol. The van der Waals surface area contributed by atoms with Crippen LogP contribution in [0.4, 0.5) is 10.6 Å². The largest absolute Gasteiger partial charge is 0.489 e. The van der Waals surface area contributed by atoms with E-state index in [0.717, 1.165) is 13.1 Å². The molecule has 2 saturated heterocycles. The van der Waals surface area contributed by atoms with Gasteiger partial charge in [-0.3, -0.25) is 9.69 Å². The van der Waals surface area contributed by atoms with Crippen LogP contribution in [0.2, 0.25) is 10.2 Å². The third kappa shape index (κ3) is 5.87. The molecule has 1 aromatic rings. The summed E-state index contributed by atoms with van der Waals surface area (Å²) >= 11 is 13.0. The van der Waals surface area contributed by atoms with Crippen molar-refractivity contribution in [1.82, 2.24) is 19.7 Å². The van der Waals surface area contributed by atoms with Crippen molar-refractivity contribution in [3.63, 3.8) is 0 Å². The lowest BCUT2D eigenvalue weighted by Gasteiger charge is -2.48. The Morgan fingerprint density at radius 3 is 2.57 bits per heavy atom. The summed E-state index contributed by atoms with van der Waals surface area (Å²) < 4.78 is 17.0. The van der Waals surface area contributed by atoms with Crippen molar-refractivity contribution in [2.45, 2.75) is 51.8 Å². The number of carbonyl (C=O) groups is 2. The summed E-state index contributed by atoms with van der Waals surface area (Å²) in [6, 6.07) is -0.355. The van der Waals surface area contributed by atoms with Gasteiger partial charge in [-0.05, 0) is 34.6 Å². The summed E-state index contributed by atoms with van der Waals surface area (Å²) in [5, 5.41) is 0.216. The first-order valence-corrected chi connectivity index (χ1v) is 13.4. The smallest absolute Gasteiger partial charge is 0.410 e. The van der Waals surface area contributed by atoms with Crippen LogP contribution in [0.5, 0.6) is 5.75 Å². The summed E-state index contributed by atoms with van der Waals surface area (Å²) in [7, 11) is 1.70. The Morgan fingerprint density at radius 1 is 1.19 bits per heavy atom. The maximum Gasteiger partial charge on any atom is 0.410 e. The molecule has 12 heteroatoms. The SMILES string of the molecule is COCCN1CCN(c2nc(Cl)c(Cl)c3c2C(=O)N2CCN(C(=O)OC(C)(C)C)C[C@@H]2CO3)CC1(C)C. The third-order valence-corrected chi connectivity index (χ3v) is 7.72. The van der Waals surface area contributed by atoms with E-state index in [1.54, 1.807) is 16.9 Å². The average Bonchev–Trinajstić information content (AvgIpc) is 2.95. The number of anilines is 1. The Bertz CT molecular complexity index is 1050. The van der Waals surface area contributed by atoms with Crippen LogP contribution >= 0.6 is 23.2 Å². The van der Waals surface area contributed by atoms with Gasteiger partial charge in [0.15, 0.2) is 10.9 Å². The van der Waals surface area contributed by atoms with Crippen molar-refractivity contribution < 1.29 is 23.8 Å². The van der Waals surface area contributed by atoms with E-state index in [1.165, 1.54) is 0 Å². The molecule has 0 N–H and O–H groups in total. The number of aromatic nitrogens is 1. The van der Waals surface area contributed by atoms with E-state index in [9.17, 15) is 9.59 Å². The van der Waals surface area contributed by atoms with Gasteiger partial charge in [-0.15, -0.1) is 0 Å². The van der Waals surface area contributed by atoms with E-state index < -0.39 is 11.7 Å².